The van der Waals surface area contributed by atoms with Gasteiger partial charge in [-0.1, -0.05) is 78.9 Å². The van der Waals surface area contributed by atoms with E-state index in [4.69, 9.17) is 4.98 Å². The molecule has 0 atom stereocenters. The molecule has 0 saturated carbocycles. The van der Waals surface area contributed by atoms with Crippen LogP contribution >= 0.6 is 0 Å². The van der Waals surface area contributed by atoms with Crippen molar-refractivity contribution in [2.24, 2.45) is 0 Å². The van der Waals surface area contributed by atoms with Gasteiger partial charge in [0.1, 0.15) is 0 Å². The van der Waals surface area contributed by atoms with Crippen LogP contribution in [0.25, 0.3) is 33.6 Å². The molecule has 0 aliphatic rings. The number of anilines is 3. The van der Waals surface area contributed by atoms with Crippen LogP contribution in [0.4, 0.5) is 17.1 Å². The fourth-order valence-corrected chi connectivity index (χ4v) is 5.02. The largest absolute Gasteiger partial charge is 0.478 e. The third-order valence-corrected chi connectivity index (χ3v) is 7.19. The first-order valence-corrected chi connectivity index (χ1v) is 13.7. The molecule has 0 aliphatic carbocycles. The van der Waals surface area contributed by atoms with E-state index >= 15 is 0 Å². The van der Waals surface area contributed by atoms with Crippen molar-refractivity contribution in [2.75, 3.05) is 4.90 Å². The molecule has 0 spiro atoms. The highest BCUT2D eigenvalue weighted by atomic mass is 16.4. The summed E-state index contributed by atoms with van der Waals surface area (Å²) < 4.78 is 0. The van der Waals surface area contributed by atoms with E-state index < -0.39 is 11.9 Å². The molecule has 0 amide bonds. The lowest BCUT2D eigenvalue weighted by molar-refractivity contribution is 0.0686. The van der Waals surface area contributed by atoms with Crippen molar-refractivity contribution in [2.45, 2.75) is 0 Å². The van der Waals surface area contributed by atoms with Gasteiger partial charge in [0.05, 0.1) is 22.5 Å². The minimum Gasteiger partial charge on any atom is -0.478 e. The van der Waals surface area contributed by atoms with E-state index in [0.29, 0.717) is 11.4 Å². The molecular formula is C37H26N2O4. The first-order chi connectivity index (χ1) is 21.0. The van der Waals surface area contributed by atoms with E-state index in [0.717, 1.165) is 39.3 Å². The monoisotopic (exact) mass is 562 g/mol. The summed E-state index contributed by atoms with van der Waals surface area (Å²) in [4.78, 5) is 30.0. The summed E-state index contributed by atoms with van der Waals surface area (Å²) in [6, 6.07) is 45.8. The molecule has 6 aromatic rings. The smallest absolute Gasteiger partial charge is 0.335 e. The highest BCUT2D eigenvalue weighted by Crippen LogP contribution is 2.38. The zero-order chi connectivity index (χ0) is 29.8. The summed E-state index contributed by atoms with van der Waals surface area (Å²) in [6.07, 6.45) is 0. The fourth-order valence-electron chi connectivity index (χ4n) is 5.02. The molecule has 0 aliphatic heterocycles. The van der Waals surface area contributed by atoms with Crippen molar-refractivity contribution < 1.29 is 19.8 Å². The van der Waals surface area contributed by atoms with Gasteiger partial charge in [-0.2, -0.15) is 0 Å². The second kappa shape index (κ2) is 11.8. The van der Waals surface area contributed by atoms with Crippen molar-refractivity contribution in [3.63, 3.8) is 0 Å². The Kier molecular flexibility index (Phi) is 7.49. The van der Waals surface area contributed by atoms with Gasteiger partial charge in [0.15, 0.2) is 0 Å². The number of aromatic carboxylic acids is 2. The molecule has 0 fully saturated rings. The molecule has 6 rings (SSSR count). The van der Waals surface area contributed by atoms with Gasteiger partial charge in [0, 0.05) is 33.8 Å². The van der Waals surface area contributed by atoms with Crippen LogP contribution in [0.2, 0.25) is 0 Å². The summed E-state index contributed by atoms with van der Waals surface area (Å²) in [5.41, 5.74) is 8.20. The normalized spacial score (nSPS) is 10.7. The summed E-state index contributed by atoms with van der Waals surface area (Å²) >= 11 is 0. The number of nitrogens with zero attached hydrogens (tertiary/aromatic N) is 2. The van der Waals surface area contributed by atoms with Gasteiger partial charge in [-0.3, -0.25) is 0 Å². The Bertz CT molecular complexity index is 1850. The quantitative estimate of drug-likeness (QED) is 0.192. The van der Waals surface area contributed by atoms with Crippen LogP contribution in [-0.4, -0.2) is 27.1 Å². The Morgan fingerprint density at radius 1 is 0.465 bits per heavy atom. The van der Waals surface area contributed by atoms with Crippen LogP contribution in [-0.2, 0) is 0 Å². The number of hydrogen-bond acceptors (Lipinski definition) is 4. The lowest BCUT2D eigenvalue weighted by atomic mass is 9.96. The van der Waals surface area contributed by atoms with E-state index in [1.807, 2.05) is 48.5 Å². The number of rotatable bonds is 8. The maximum atomic E-state index is 11.5. The zero-order valence-electron chi connectivity index (χ0n) is 23.0. The topological polar surface area (TPSA) is 90.7 Å². The number of carboxylic acids is 2. The highest BCUT2D eigenvalue weighted by Gasteiger charge is 2.16. The van der Waals surface area contributed by atoms with Crippen molar-refractivity contribution >= 4 is 29.0 Å². The van der Waals surface area contributed by atoms with E-state index in [9.17, 15) is 19.8 Å². The molecule has 6 heteroatoms. The van der Waals surface area contributed by atoms with Crippen LogP contribution in [0.3, 0.4) is 0 Å². The molecule has 1 heterocycles. The van der Waals surface area contributed by atoms with E-state index in [1.165, 1.54) is 0 Å². The minimum atomic E-state index is -0.996. The zero-order valence-corrected chi connectivity index (χ0v) is 23.0. The second-order valence-corrected chi connectivity index (χ2v) is 9.91. The molecule has 0 bridgehead atoms. The van der Waals surface area contributed by atoms with Crippen LogP contribution in [0, 0.1) is 0 Å². The third-order valence-electron chi connectivity index (χ3n) is 7.19. The van der Waals surface area contributed by atoms with Gasteiger partial charge in [0.25, 0.3) is 0 Å². The maximum absolute atomic E-state index is 11.5. The molecule has 208 valence electrons. The van der Waals surface area contributed by atoms with Crippen LogP contribution in [0.5, 0.6) is 0 Å². The Morgan fingerprint density at radius 3 is 1.40 bits per heavy atom. The number of benzene rings is 5. The minimum absolute atomic E-state index is 0.192. The average Bonchev–Trinajstić information content (AvgIpc) is 3.06. The number of hydrogen-bond donors (Lipinski definition) is 2. The Balaban J connectivity index is 1.43. The predicted octanol–water partition coefficient (Wildman–Crippen LogP) is 8.95. The van der Waals surface area contributed by atoms with Gasteiger partial charge in [0.2, 0.25) is 0 Å². The third kappa shape index (κ3) is 5.76. The summed E-state index contributed by atoms with van der Waals surface area (Å²) in [7, 11) is 0. The van der Waals surface area contributed by atoms with Crippen molar-refractivity contribution in [1.29, 1.82) is 0 Å². The summed E-state index contributed by atoms with van der Waals surface area (Å²) in [5, 5.41) is 18.7. The lowest BCUT2D eigenvalue weighted by Gasteiger charge is -2.25. The van der Waals surface area contributed by atoms with E-state index in [2.05, 4.69) is 53.4 Å². The highest BCUT2D eigenvalue weighted by molar-refractivity contribution is 5.90. The standard InChI is InChI=1S/C37H26N2O4/c40-36(41)28-15-11-26(12-16-28)34-24-23-33(35(38-34)27-13-17-29(18-14-27)37(42)43)25-19-21-32(22-20-25)39(30-7-3-1-4-8-30)31-9-5-2-6-10-31/h1-24H,(H,40,41)(H,42,43). The second-order valence-electron chi connectivity index (χ2n) is 9.91. The van der Waals surface area contributed by atoms with Crippen LogP contribution in [0.15, 0.2) is 146 Å². The Morgan fingerprint density at radius 2 is 0.907 bits per heavy atom. The fraction of sp³-hybridized carbons (Fsp3) is 0. The number of pyridine rings is 1. The number of aromatic nitrogens is 1. The molecule has 0 saturated heterocycles. The number of carboxylic acid groups (broad SMARTS) is 2. The number of carbonyl (C=O) groups is 2. The number of para-hydroxylation sites is 2. The Hall–Kier alpha value is -6.01. The SMILES string of the molecule is O=C(O)c1ccc(-c2ccc(-c3ccc(N(c4ccccc4)c4ccccc4)cc3)c(-c3ccc(C(=O)O)cc3)n2)cc1. The van der Waals surface area contributed by atoms with Crippen molar-refractivity contribution in [3.05, 3.63) is 157 Å². The summed E-state index contributed by atoms with van der Waals surface area (Å²) in [6.45, 7) is 0. The molecule has 2 N–H and O–H groups in total. The van der Waals surface area contributed by atoms with Crippen LogP contribution in [0.1, 0.15) is 20.7 Å². The molecule has 0 radical (unpaired) electrons. The first kappa shape index (κ1) is 27.2. The first-order valence-electron chi connectivity index (χ1n) is 13.7. The van der Waals surface area contributed by atoms with Crippen LogP contribution < -0.4 is 4.90 Å². The lowest BCUT2D eigenvalue weighted by Crippen LogP contribution is -2.09. The predicted molar refractivity (Wildman–Crippen MR) is 169 cm³/mol. The molecule has 1 aromatic heterocycles. The van der Waals surface area contributed by atoms with Crippen molar-refractivity contribution in [3.8, 4) is 33.6 Å². The van der Waals surface area contributed by atoms with E-state index in [1.54, 1.807) is 48.5 Å². The molecule has 43 heavy (non-hydrogen) atoms. The van der Waals surface area contributed by atoms with Gasteiger partial charge in [-0.25, -0.2) is 14.6 Å². The molecular weight excluding hydrogens is 536 g/mol. The van der Waals surface area contributed by atoms with E-state index in [-0.39, 0.29) is 11.1 Å². The van der Waals surface area contributed by atoms with Gasteiger partial charge in [-0.05, 0) is 72.3 Å². The maximum Gasteiger partial charge on any atom is 0.335 e. The molecule has 5 aromatic carbocycles. The average molecular weight is 563 g/mol. The van der Waals surface area contributed by atoms with Crippen molar-refractivity contribution in [1.82, 2.24) is 4.98 Å². The van der Waals surface area contributed by atoms with Gasteiger partial charge >= 0.3 is 11.9 Å². The summed E-state index contributed by atoms with van der Waals surface area (Å²) in [5.74, 6) is -1.99. The molecule has 6 nitrogen and oxygen atoms in total. The molecule has 0 unspecified atom stereocenters. The van der Waals surface area contributed by atoms with Gasteiger partial charge in [-0.15, -0.1) is 0 Å². The van der Waals surface area contributed by atoms with Gasteiger partial charge < -0.3 is 15.1 Å². The Labute approximate surface area is 248 Å².